The molecule has 106 valence electrons. The predicted molar refractivity (Wildman–Crippen MR) is 80.9 cm³/mol. The molecular formula is C16H22N4. The van der Waals surface area contributed by atoms with E-state index in [0.29, 0.717) is 6.04 Å². The molecule has 3 rings (SSSR count). The number of nitrogens with one attached hydrogen (secondary N) is 1. The maximum absolute atomic E-state index is 4.10. The third-order valence-corrected chi connectivity index (χ3v) is 4.37. The molecule has 1 aliphatic rings. The molecule has 0 aliphatic heterocycles. The molecule has 3 unspecified atom stereocenters. The molecule has 4 nitrogen and oxygen atoms in total. The lowest BCUT2D eigenvalue weighted by molar-refractivity contribution is 0.280. The average Bonchev–Trinajstić information content (AvgIpc) is 2.97. The number of aromatic nitrogens is 3. The summed E-state index contributed by atoms with van der Waals surface area (Å²) in [5, 5.41) is 11.7. The lowest BCUT2D eigenvalue weighted by Crippen LogP contribution is -2.33. The molecule has 0 saturated heterocycles. The quantitative estimate of drug-likeness (QED) is 0.928. The van der Waals surface area contributed by atoms with Gasteiger partial charge in [-0.05, 0) is 36.8 Å². The summed E-state index contributed by atoms with van der Waals surface area (Å²) in [6.07, 6.45) is 7.50. The number of benzene rings is 1. The topological polar surface area (TPSA) is 42.7 Å². The second-order valence-electron chi connectivity index (χ2n) is 6.01. The van der Waals surface area contributed by atoms with Crippen LogP contribution in [0.4, 0.5) is 5.69 Å². The van der Waals surface area contributed by atoms with Crippen LogP contribution in [0.1, 0.15) is 33.1 Å². The van der Waals surface area contributed by atoms with Gasteiger partial charge < -0.3 is 5.32 Å². The minimum Gasteiger partial charge on any atom is -0.380 e. The Bertz CT molecular complexity index is 549. The molecule has 1 heterocycles. The van der Waals surface area contributed by atoms with Crippen molar-refractivity contribution in [1.82, 2.24) is 15.0 Å². The van der Waals surface area contributed by atoms with E-state index in [1.54, 1.807) is 6.20 Å². The van der Waals surface area contributed by atoms with Crippen LogP contribution in [-0.2, 0) is 0 Å². The van der Waals surface area contributed by atoms with Gasteiger partial charge in [-0.1, -0.05) is 37.6 Å². The number of hydrogen-bond donors (Lipinski definition) is 1. The van der Waals surface area contributed by atoms with Gasteiger partial charge in [-0.2, -0.15) is 0 Å². The minimum atomic E-state index is 0.545. The van der Waals surface area contributed by atoms with Gasteiger partial charge in [0.25, 0.3) is 0 Å². The summed E-state index contributed by atoms with van der Waals surface area (Å²) in [7, 11) is 0. The highest BCUT2D eigenvalue weighted by Crippen LogP contribution is 2.32. The summed E-state index contributed by atoms with van der Waals surface area (Å²) in [6.45, 7) is 4.70. The Morgan fingerprint density at radius 2 is 2.05 bits per heavy atom. The largest absolute Gasteiger partial charge is 0.380 e. The van der Waals surface area contributed by atoms with Crippen molar-refractivity contribution in [2.45, 2.75) is 39.2 Å². The van der Waals surface area contributed by atoms with Gasteiger partial charge in [0.1, 0.15) is 0 Å². The first-order valence-corrected chi connectivity index (χ1v) is 7.46. The fourth-order valence-electron chi connectivity index (χ4n) is 3.07. The zero-order valence-corrected chi connectivity index (χ0v) is 12.2. The second-order valence-corrected chi connectivity index (χ2v) is 6.01. The molecular weight excluding hydrogens is 248 g/mol. The molecule has 0 amide bonds. The van der Waals surface area contributed by atoms with Crippen molar-refractivity contribution in [2.24, 2.45) is 11.8 Å². The normalized spacial score (nSPS) is 26.4. The van der Waals surface area contributed by atoms with Crippen LogP contribution in [0, 0.1) is 11.8 Å². The fraction of sp³-hybridized carbons (Fsp3) is 0.500. The number of hydrogen-bond acceptors (Lipinski definition) is 3. The molecule has 1 saturated carbocycles. The van der Waals surface area contributed by atoms with Crippen LogP contribution >= 0.6 is 0 Å². The minimum absolute atomic E-state index is 0.545. The molecule has 1 aromatic heterocycles. The molecule has 4 heteroatoms. The Morgan fingerprint density at radius 1 is 1.20 bits per heavy atom. The summed E-state index contributed by atoms with van der Waals surface area (Å²) >= 11 is 0. The predicted octanol–water partition coefficient (Wildman–Crippen LogP) is 3.50. The van der Waals surface area contributed by atoms with E-state index in [2.05, 4.69) is 47.7 Å². The summed E-state index contributed by atoms with van der Waals surface area (Å²) in [6, 6.07) is 8.86. The van der Waals surface area contributed by atoms with Gasteiger partial charge in [0, 0.05) is 6.04 Å². The first-order chi connectivity index (χ1) is 9.74. The van der Waals surface area contributed by atoms with E-state index in [1.807, 2.05) is 16.9 Å². The van der Waals surface area contributed by atoms with Gasteiger partial charge in [-0.15, -0.1) is 5.10 Å². The van der Waals surface area contributed by atoms with E-state index in [1.165, 1.54) is 19.3 Å². The van der Waals surface area contributed by atoms with E-state index < -0.39 is 0 Å². The first kappa shape index (κ1) is 13.2. The Balaban J connectivity index is 1.84. The monoisotopic (exact) mass is 270 g/mol. The molecule has 20 heavy (non-hydrogen) atoms. The van der Waals surface area contributed by atoms with Crippen molar-refractivity contribution >= 4 is 5.69 Å². The number of rotatable bonds is 3. The average molecular weight is 270 g/mol. The fourth-order valence-corrected chi connectivity index (χ4v) is 3.07. The van der Waals surface area contributed by atoms with Gasteiger partial charge in [0.15, 0.2) is 0 Å². The lowest BCUT2D eigenvalue weighted by Gasteiger charge is -2.34. The highest BCUT2D eigenvalue weighted by atomic mass is 15.4. The van der Waals surface area contributed by atoms with E-state index in [-0.39, 0.29) is 0 Å². The second kappa shape index (κ2) is 5.65. The molecule has 0 spiro atoms. The van der Waals surface area contributed by atoms with Gasteiger partial charge >= 0.3 is 0 Å². The van der Waals surface area contributed by atoms with E-state index in [9.17, 15) is 0 Å². The van der Waals surface area contributed by atoms with Crippen molar-refractivity contribution in [2.75, 3.05) is 5.32 Å². The Labute approximate surface area is 120 Å². The number of para-hydroxylation sites is 2. The SMILES string of the molecule is CC1CCC(C)C(Nc2ccccc2-n2ccnn2)C1. The van der Waals surface area contributed by atoms with Crippen molar-refractivity contribution in [3.63, 3.8) is 0 Å². The van der Waals surface area contributed by atoms with Crippen LogP contribution in [0.2, 0.25) is 0 Å². The van der Waals surface area contributed by atoms with Gasteiger partial charge in [-0.3, -0.25) is 0 Å². The molecule has 1 fully saturated rings. The Hall–Kier alpha value is -1.84. The zero-order chi connectivity index (χ0) is 13.9. The molecule has 1 aromatic carbocycles. The molecule has 1 aliphatic carbocycles. The molecule has 0 radical (unpaired) electrons. The first-order valence-electron chi connectivity index (χ1n) is 7.46. The standard InChI is InChI=1S/C16H22N4/c1-12-7-8-13(2)15(11-12)18-14-5-3-4-6-16(14)20-10-9-17-19-20/h3-6,9-10,12-13,15,18H,7-8,11H2,1-2H3. The number of nitrogens with zero attached hydrogens (tertiary/aromatic N) is 3. The summed E-state index contributed by atoms with van der Waals surface area (Å²) in [4.78, 5) is 0. The molecule has 1 N–H and O–H groups in total. The smallest absolute Gasteiger partial charge is 0.0894 e. The molecule has 0 bridgehead atoms. The Morgan fingerprint density at radius 3 is 2.85 bits per heavy atom. The number of anilines is 1. The molecule has 2 aromatic rings. The van der Waals surface area contributed by atoms with E-state index >= 15 is 0 Å². The van der Waals surface area contributed by atoms with Gasteiger partial charge in [0.05, 0.1) is 23.8 Å². The van der Waals surface area contributed by atoms with Crippen molar-refractivity contribution in [1.29, 1.82) is 0 Å². The van der Waals surface area contributed by atoms with Crippen LogP contribution in [0.3, 0.4) is 0 Å². The van der Waals surface area contributed by atoms with Crippen molar-refractivity contribution < 1.29 is 0 Å². The highest BCUT2D eigenvalue weighted by molar-refractivity contribution is 5.61. The maximum atomic E-state index is 4.10. The Kier molecular flexibility index (Phi) is 3.72. The highest BCUT2D eigenvalue weighted by Gasteiger charge is 2.25. The van der Waals surface area contributed by atoms with Crippen LogP contribution in [0.15, 0.2) is 36.7 Å². The summed E-state index contributed by atoms with van der Waals surface area (Å²) in [5.74, 6) is 1.53. The van der Waals surface area contributed by atoms with Crippen molar-refractivity contribution in [3.05, 3.63) is 36.7 Å². The summed E-state index contributed by atoms with van der Waals surface area (Å²) in [5.41, 5.74) is 2.21. The van der Waals surface area contributed by atoms with Gasteiger partial charge in [-0.25, -0.2) is 4.68 Å². The van der Waals surface area contributed by atoms with Crippen LogP contribution in [0.5, 0.6) is 0 Å². The lowest BCUT2D eigenvalue weighted by atomic mass is 9.80. The van der Waals surface area contributed by atoms with E-state index in [4.69, 9.17) is 0 Å². The summed E-state index contributed by atoms with van der Waals surface area (Å²) < 4.78 is 1.82. The van der Waals surface area contributed by atoms with Crippen molar-refractivity contribution in [3.8, 4) is 5.69 Å². The van der Waals surface area contributed by atoms with Gasteiger partial charge in [0.2, 0.25) is 0 Å². The van der Waals surface area contributed by atoms with Crippen LogP contribution in [0.25, 0.3) is 5.69 Å². The van der Waals surface area contributed by atoms with Crippen LogP contribution in [-0.4, -0.2) is 21.0 Å². The molecule has 3 atom stereocenters. The third-order valence-electron chi connectivity index (χ3n) is 4.37. The third kappa shape index (κ3) is 2.69. The zero-order valence-electron chi connectivity index (χ0n) is 12.2. The maximum Gasteiger partial charge on any atom is 0.0894 e. The van der Waals surface area contributed by atoms with E-state index in [0.717, 1.165) is 23.2 Å². The van der Waals surface area contributed by atoms with Crippen LogP contribution < -0.4 is 5.32 Å².